The maximum Gasteiger partial charge on any atom is 0.266 e. The molecule has 2 saturated heterocycles. The van der Waals surface area contributed by atoms with Crippen LogP contribution in [-0.2, 0) is 14.4 Å². The van der Waals surface area contributed by atoms with E-state index in [1.54, 1.807) is 42.6 Å². The van der Waals surface area contributed by atoms with Crippen molar-refractivity contribution in [2.45, 2.75) is 19.1 Å². The second-order valence-electron chi connectivity index (χ2n) is 7.33. The number of para-hydroxylation sites is 1. The molecule has 0 spiro atoms. The Balaban J connectivity index is 1.60. The highest BCUT2D eigenvalue weighted by Crippen LogP contribution is 2.48. The fourth-order valence-corrected chi connectivity index (χ4v) is 4.36. The highest BCUT2D eigenvalue weighted by molar-refractivity contribution is 6.32. The van der Waals surface area contributed by atoms with Crippen LogP contribution in [0.2, 0.25) is 5.02 Å². The summed E-state index contributed by atoms with van der Waals surface area (Å²) in [6.07, 6.45) is 2.44. The van der Waals surface area contributed by atoms with Crippen LogP contribution in [-0.4, -0.2) is 22.9 Å². The molecular weight excluding hydrogens is 402 g/mol. The average molecular weight is 420 g/mol. The summed E-state index contributed by atoms with van der Waals surface area (Å²) >= 11 is 6.24. The number of benzene rings is 2. The van der Waals surface area contributed by atoms with E-state index in [1.807, 2.05) is 42.5 Å². The first-order chi connectivity index (χ1) is 14.6. The number of carbonyl (C=O) groups is 2. The SMILES string of the molecule is Cc1c(Cl)cccc1N1C(=O)[C@@H]2[C@@H](c3ccncc3)N(c3ccccc3)O[C@H]2C1=O. The number of hydroxylamine groups is 1. The van der Waals surface area contributed by atoms with Crippen LogP contribution in [0.4, 0.5) is 11.4 Å². The summed E-state index contributed by atoms with van der Waals surface area (Å²) in [5.74, 6) is -1.36. The van der Waals surface area contributed by atoms with E-state index < -0.39 is 18.1 Å². The summed E-state index contributed by atoms with van der Waals surface area (Å²) in [4.78, 5) is 38.3. The molecule has 30 heavy (non-hydrogen) atoms. The first-order valence-electron chi connectivity index (χ1n) is 9.62. The maximum atomic E-state index is 13.6. The lowest BCUT2D eigenvalue weighted by molar-refractivity contribution is -0.126. The summed E-state index contributed by atoms with van der Waals surface area (Å²) in [5.41, 5.74) is 2.81. The summed E-state index contributed by atoms with van der Waals surface area (Å²) in [5, 5.41) is 2.17. The zero-order valence-corrected chi connectivity index (χ0v) is 16.9. The number of nitrogens with zero attached hydrogens (tertiary/aromatic N) is 3. The molecule has 7 heteroatoms. The van der Waals surface area contributed by atoms with Crippen LogP contribution in [0.3, 0.4) is 0 Å². The summed E-state index contributed by atoms with van der Waals surface area (Å²) < 4.78 is 0. The van der Waals surface area contributed by atoms with Gasteiger partial charge in [-0.2, -0.15) is 0 Å². The number of amides is 2. The number of hydrogen-bond donors (Lipinski definition) is 0. The normalized spacial score (nSPS) is 23.2. The Kier molecular flexibility index (Phi) is 4.53. The quantitative estimate of drug-likeness (QED) is 0.598. The molecule has 2 aromatic carbocycles. The summed E-state index contributed by atoms with van der Waals surface area (Å²) in [6.45, 7) is 1.80. The third-order valence-electron chi connectivity index (χ3n) is 5.65. The van der Waals surface area contributed by atoms with E-state index in [0.717, 1.165) is 11.3 Å². The second kappa shape index (κ2) is 7.23. The smallest absolute Gasteiger partial charge is 0.266 e. The van der Waals surface area contributed by atoms with Crippen molar-refractivity contribution < 1.29 is 14.4 Å². The number of pyridine rings is 1. The van der Waals surface area contributed by atoms with Crippen LogP contribution in [0.25, 0.3) is 0 Å². The lowest BCUT2D eigenvalue weighted by Crippen LogP contribution is -2.37. The molecule has 0 aliphatic carbocycles. The number of fused-ring (bicyclic) bond motifs is 1. The van der Waals surface area contributed by atoms with Crippen molar-refractivity contribution in [1.29, 1.82) is 0 Å². The fourth-order valence-electron chi connectivity index (χ4n) is 4.19. The molecule has 0 saturated carbocycles. The first-order valence-corrected chi connectivity index (χ1v) is 9.99. The predicted molar refractivity (Wildman–Crippen MR) is 113 cm³/mol. The van der Waals surface area contributed by atoms with E-state index in [1.165, 1.54) is 4.90 Å². The molecule has 0 radical (unpaired) electrons. The average Bonchev–Trinajstić information content (AvgIpc) is 3.28. The van der Waals surface area contributed by atoms with Gasteiger partial charge in [0.1, 0.15) is 5.92 Å². The molecule has 3 heterocycles. The van der Waals surface area contributed by atoms with E-state index in [0.29, 0.717) is 16.3 Å². The standard InChI is InChI=1S/C23H18ClN3O3/c1-14-17(24)8-5-9-18(14)26-22(28)19-20(15-10-12-25-13-11-15)27(30-21(19)23(26)29)16-6-3-2-4-7-16/h2-13,19-21H,1H3/t19-,20-,21-/m1/s1. The monoisotopic (exact) mass is 419 g/mol. The van der Waals surface area contributed by atoms with Crippen LogP contribution in [0, 0.1) is 12.8 Å². The van der Waals surface area contributed by atoms with E-state index in [2.05, 4.69) is 4.98 Å². The van der Waals surface area contributed by atoms with E-state index in [-0.39, 0.29) is 11.8 Å². The molecule has 0 bridgehead atoms. The Labute approximate surface area is 178 Å². The highest BCUT2D eigenvalue weighted by atomic mass is 35.5. The Morgan fingerprint density at radius 1 is 0.933 bits per heavy atom. The molecule has 150 valence electrons. The fraction of sp³-hybridized carbons (Fsp3) is 0.174. The van der Waals surface area contributed by atoms with Gasteiger partial charge in [-0.1, -0.05) is 35.9 Å². The Morgan fingerprint density at radius 2 is 1.67 bits per heavy atom. The minimum Gasteiger partial charge on any atom is -0.273 e. The topological polar surface area (TPSA) is 62.7 Å². The van der Waals surface area contributed by atoms with Crippen molar-refractivity contribution in [1.82, 2.24) is 4.98 Å². The van der Waals surface area contributed by atoms with Crippen molar-refractivity contribution in [3.05, 3.63) is 89.2 Å². The molecule has 1 aromatic heterocycles. The molecule has 2 amide bonds. The molecule has 2 fully saturated rings. The number of halogens is 1. The number of carbonyl (C=O) groups excluding carboxylic acids is 2. The third-order valence-corrected chi connectivity index (χ3v) is 6.06. The van der Waals surface area contributed by atoms with E-state index in [4.69, 9.17) is 16.4 Å². The molecular formula is C23H18ClN3O3. The lowest BCUT2D eigenvalue weighted by Gasteiger charge is -2.29. The van der Waals surface area contributed by atoms with Crippen LogP contribution >= 0.6 is 11.6 Å². The van der Waals surface area contributed by atoms with Crippen LogP contribution in [0.15, 0.2) is 73.1 Å². The van der Waals surface area contributed by atoms with Gasteiger partial charge < -0.3 is 0 Å². The number of imide groups is 1. The molecule has 0 N–H and O–H groups in total. The van der Waals surface area contributed by atoms with E-state index in [9.17, 15) is 9.59 Å². The second-order valence-corrected chi connectivity index (χ2v) is 7.74. The van der Waals surface area contributed by atoms with Crippen LogP contribution < -0.4 is 9.96 Å². The minimum absolute atomic E-state index is 0.296. The zero-order valence-electron chi connectivity index (χ0n) is 16.1. The number of aromatic nitrogens is 1. The molecule has 6 nitrogen and oxygen atoms in total. The molecule has 2 aliphatic heterocycles. The lowest BCUT2D eigenvalue weighted by atomic mass is 9.91. The number of anilines is 2. The van der Waals surface area contributed by atoms with Gasteiger partial charge in [0.15, 0.2) is 6.10 Å². The highest BCUT2D eigenvalue weighted by Gasteiger charge is 2.60. The maximum absolute atomic E-state index is 13.6. The molecule has 5 rings (SSSR count). The van der Waals surface area contributed by atoms with Crippen molar-refractivity contribution in [3.8, 4) is 0 Å². The van der Waals surface area contributed by atoms with Crippen LogP contribution in [0.5, 0.6) is 0 Å². The predicted octanol–water partition coefficient (Wildman–Crippen LogP) is 4.09. The van der Waals surface area contributed by atoms with Gasteiger partial charge in [0.05, 0.1) is 17.4 Å². The number of hydrogen-bond acceptors (Lipinski definition) is 5. The van der Waals surface area contributed by atoms with Crippen molar-refractivity contribution in [2.24, 2.45) is 5.92 Å². The Bertz CT molecular complexity index is 1120. The Hall–Kier alpha value is -3.22. The minimum atomic E-state index is -0.908. The molecule has 0 unspecified atom stereocenters. The summed E-state index contributed by atoms with van der Waals surface area (Å²) in [6, 6.07) is 17.9. The van der Waals surface area contributed by atoms with Crippen molar-refractivity contribution in [3.63, 3.8) is 0 Å². The summed E-state index contributed by atoms with van der Waals surface area (Å²) in [7, 11) is 0. The third kappa shape index (κ3) is 2.80. The molecule has 3 aromatic rings. The van der Waals surface area contributed by atoms with Gasteiger partial charge in [-0.25, -0.2) is 9.96 Å². The van der Waals surface area contributed by atoms with Crippen LogP contribution in [0.1, 0.15) is 17.2 Å². The molecule has 2 aliphatic rings. The van der Waals surface area contributed by atoms with Gasteiger partial charge in [-0.3, -0.25) is 19.4 Å². The largest absolute Gasteiger partial charge is 0.273 e. The molecule has 3 atom stereocenters. The van der Waals surface area contributed by atoms with Gasteiger partial charge in [-0.05, 0) is 54.4 Å². The van der Waals surface area contributed by atoms with Gasteiger partial charge in [0.2, 0.25) is 5.91 Å². The number of rotatable bonds is 3. The van der Waals surface area contributed by atoms with Gasteiger partial charge in [0, 0.05) is 17.4 Å². The van der Waals surface area contributed by atoms with Crippen molar-refractivity contribution in [2.75, 3.05) is 9.96 Å². The van der Waals surface area contributed by atoms with Crippen molar-refractivity contribution >= 4 is 34.8 Å². The zero-order chi connectivity index (χ0) is 20.8. The van der Waals surface area contributed by atoms with Gasteiger partial charge >= 0.3 is 0 Å². The van der Waals surface area contributed by atoms with Gasteiger partial charge in [-0.15, -0.1) is 0 Å². The van der Waals surface area contributed by atoms with Gasteiger partial charge in [0.25, 0.3) is 5.91 Å². The Morgan fingerprint density at radius 3 is 2.40 bits per heavy atom. The first kappa shape index (κ1) is 18.8. The van der Waals surface area contributed by atoms with E-state index >= 15 is 0 Å².